The maximum atomic E-state index is 11.2. The first-order valence-corrected chi connectivity index (χ1v) is 7.00. The fourth-order valence-electron chi connectivity index (χ4n) is 1.96. The molecule has 0 bridgehead atoms. The van der Waals surface area contributed by atoms with Crippen molar-refractivity contribution in [2.24, 2.45) is 0 Å². The number of nitrogens with one attached hydrogen (secondary N) is 1. The molecule has 0 radical (unpaired) electrons. The number of anilines is 1. The first-order valence-electron chi connectivity index (χ1n) is 5.39. The van der Waals surface area contributed by atoms with Crippen molar-refractivity contribution in [2.75, 3.05) is 11.6 Å². The number of rotatable bonds is 2. The molecule has 0 spiro atoms. The molecule has 0 aromatic heterocycles. The van der Waals surface area contributed by atoms with E-state index < -0.39 is 13.5 Å². The molecule has 6 nitrogen and oxygen atoms in total. The molecule has 0 saturated carbocycles. The van der Waals surface area contributed by atoms with Gasteiger partial charge >= 0.3 is 110 Å². The fraction of sp³-hybridized carbons (Fsp3) is 0.250. The first-order chi connectivity index (χ1) is 8.29. The van der Waals surface area contributed by atoms with Crippen LogP contribution in [0.2, 0.25) is 0 Å². The fourth-order valence-corrected chi connectivity index (χ4v) is 2.60. The zero-order valence-corrected chi connectivity index (χ0v) is 20.2. The number of hydrogen-bond acceptors (Lipinski definition) is 4. The quantitative estimate of drug-likeness (QED) is 0.244. The van der Waals surface area contributed by atoms with E-state index in [1.165, 1.54) is 5.01 Å². The van der Waals surface area contributed by atoms with Crippen LogP contribution in [0.3, 0.4) is 0 Å². The van der Waals surface area contributed by atoms with Gasteiger partial charge in [0.1, 0.15) is 5.31 Å². The summed E-state index contributed by atoms with van der Waals surface area (Å²) in [4.78, 5) is 18.2. The van der Waals surface area contributed by atoms with E-state index in [4.69, 9.17) is 9.79 Å². The molecule has 9 heteroatoms. The van der Waals surface area contributed by atoms with E-state index in [2.05, 4.69) is 5.43 Å². The van der Waals surface area contributed by atoms with E-state index in [0.717, 1.165) is 11.1 Å². The van der Waals surface area contributed by atoms with Crippen molar-refractivity contribution >= 4 is 13.3 Å². The van der Waals surface area contributed by atoms with Gasteiger partial charge in [-0.25, -0.2) is 10.4 Å². The molecular weight excluding hydrogens is 345 g/mol. The second kappa shape index (κ2) is 10.1. The third-order valence-corrected chi connectivity index (χ3v) is 3.75. The Labute approximate surface area is 211 Å². The topological polar surface area (TPSA) is 93.0 Å². The molecule has 1 aliphatic rings. The van der Waals surface area contributed by atoms with Crippen LogP contribution in [0.15, 0.2) is 29.4 Å². The molecular formula is C12H19K2N2O4P. The largest absolute Gasteiger partial charge is 1.00 e. The van der Waals surface area contributed by atoms with E-state index in [9.17, 15) is 9.67 Å². The minimum Gasteiger partial charge on any atom is -1.00 e. The van der Waals surface area contributed by atoms with Crippen LogP contribution in [0.5, 0.6) is 0 Å². The summed E-state index contributed by atoms with van der Waals surface area (Å²) in [6.07, 6.45) is 0. The minimum atomic E-state index is -4.43. The Kier molecular flexibility index (Phi) is 12.1. The van der Waals surface area contributed by atoms with E-state index in [1.54, 1.807) is 0 Å². The average molecular weight is 364 g/mol. The smallest absolute Gasteiger partial charge is 1.00 e. The van der Waals surface area contributed by atoms with E-state index in [0.29, 0.717) is 5.69 Å². The van der Waals surface area contributed by atoms with Gasteiger partial charge in [-0.2, -0.15) is 0 Å². The number of nitrogens with zero attached hydrogens (tertiary/aromatic N) is 1. The summed E-state index contributed by atoms with van der Waals surface area (Å²) in [5, 5.41) is 10.9. The van der Waals surface area contributed by atoms with Crippen molar-refractivity contribution in [3.63, 3.8) is 0 Å². The second-order valence-electron chi connectivity index (χ2n) is 4.33. The van der Waals surface area contributed by atoms with Gasteiger partial charge in [-0.1, -0.05) is 6.07 Å². The zero-order chi connectivity index (χ0) is 13.5. The second-order valence-corrected chi connectivity index (χ2v) is 5.96. The predicted octanol–water partition coefficient (Wildman–Crippen LogP) is -3.90. The number of aliphatic hydroxyl groups is 1. The molecule has 1 aromatic carbocycles. The van der Waals surface area contributed by atoms with Crippen LogP contribution in [-0.2, 0) is 4.57 Å². The molecule has 0 atom stereocenters. The summed E-state index contributed by atoms with van der Waals surface area (Å²) in [7, 11) is -4.43. The minimum absolute atomic E-state index is 0. The van der Waals surface area contributed by atoms with Crippen LogP contribution < -0.4 is 113 Å². The van der Waals surface area contributed by atoms with Crippen molar-refractivity contribution in [1.29, 1.82) is 0 Å². The zero-order valence-electron chi connectivity index (χ0n) is 14.1. The summed E-state index contributed by atoms with van der Waals surface area (Å²) in [6.45, 7) is 3.76. The number of benzene rings is 1. The number of hydrogen-bond donors (Lipinski definition) is 4. The number of aliphatic hydroxyl groups excluding tert-OH is 1. The monoisotopic (exact) mass is 364 g/mol. The summed E-state index contributed by atoms with van der Waals surface area (Å²) >= 11 is 0. The summed E-state index contributed by atoms with van der Waals surface area (Å²) in [5.74, 6) is -0.423. The van der Waals surface area contributed by atoms with E-state index in [1.807, 2.05) is 32.0 Å². The predicted molar refractivity (Wildman–Crippen MR) is 75.6 cm³/mol. The Balaban J connectivity index is -0.000000902. The third-order valence-electron chi connectivity index (χ3n) is 2.69. The van der Waals surface area contributed by atoms with Gasteiger partial charge in [0, 0.05) is 0 Å². The van der Waals surface area contributed by atoms with Gasteiger partial charge in [-0.3, -0.25) is 4.57 Å². The van der Waals surface area contributed by atoms with Gasteiger partial charge < -0.3 is 23.7 Å². The molecule has 0 saturated heterocycles. The van der Waals surface area contributed by atoms with Crippen LogP contribution in [0.4, 0.5) is 5.69 Å². The molecule has 0 unspecified atom stereocenters. The van der Waals surface area contributed by atoms with Gasteiger partial charge in [0.25, 0.3) is 0 Å². The summed E-state index contributed by atoms with van der Waals surface area (Å²) in [5.41, 5.74) is 5.41. The van der Waals surface area contributed by atoms with Crippen molar-refractivity contribution in [3.05, 3.63) is 47.9 Å². The molecule has 0 aliphatic carbocycles. The molecule has 2 rings (SSSR count). The maximum Gasteiger partial charge on any atom is 1.00 e. The van der Waals surface area contributed by atoms with Crippen LogP contribution >= 0.6 is 7.60 Å². The third kappa shape index (κ3) is 6.39. The van der Waals surface area contributed by atoms with Gasteiger partial charge in [-0.05, 0) is 37.1 Å². The van der Waals surface area contributed by atoms with Crippen molar-refractivity contribution in [1.82, 2.24) is 5.43 Å². The molecule has 0 fully saturated rings. The normalized spacial score (nSPS) is 14.2. The van der Waals surface area contributed by atoms with E-state index in [-0.39, 0.29) is 123 Å². The molecule has 21 heavy (non-hydrogen) atoms. The van der Waals surface area contributed by atoms with Gasteiger partial charge in [0.05, 0.1) is 12.2 Å². The Bertz CT molecular complexity index is 560. The maximum absolute atomic E-state index is 11.2. The SMILES string of the molecule is Cc1cc(C)cc(N2NCC(P(=O)(O)O)=C2O)c1.[CH3-].[H-].[K+].[K+]. The Morgan fingerprint density at radius 3 is 2.05 bits per heavy atom. The van der Waals surface area contributed by atoms with Gasteiger partial charge in [-0.15, -0.1) is 0 Å². The van der Waals surface area contributed by atoms with Gasteiger partial charge in [0.2, 0.25) is 5.88 Å². The number of aryl methyl sites for hydroxylation is 2. The van der Waals surface area contributed by atoms with Crippen molar-refractivity contribution in [2.45, 2.75) is 13.8 Å². The van der Waals surface area contributed by atoms with Gasteiger partial charge in [0.15, 0.2) is 0 Å². The molecule has 4 N–H and O–H groups in total. The van der Waals surface area contributed by atoms with Crippen LogP contribution in [0.1, 0.15) is 12.6 Å². The Hall–Kier alpha value is 1.94. The standard InChI is InChI=1S/C11H15N2O4P.CH3.2K.H/c1-7-3-8(2)5-9(4-7)13-11(14)10(6-12-13)18(15,16)17;;;;/h3-5,12,14H,6H2,1-2H3,(H2,15,16,17);1H3;;;/q;-1;2*+1;-1. The first kappa shape index (κ1) is 25.2. The van der Waals surface area contributed by atoms with Crippen LogP contribution in [0.25, 0.3) is 0 Å². The average Bonchev–Trinajstić information content (AvgIpc) is 2.57. The summed E-state index contributed by atoms with van der Waals surface area (Å²) < 4.78 is 11.2. The van der Waals surface area contributed by atoms with Crippen LogP contribution in [0, 0.1) is 21.3 Å². The van der Waals surface area contributed by atoms with Crippen molar-refractivity contribution in [3.8, 4) is 0 Å². The summed E-state index contributed by atoms with van der Waals surface area (Å²) in [6, 6.07) is 5.61. The molecule has 108 valence electrons. The molecule has 1 aliphatic heterocycles. The van der Waals surface area contributed by atoms with Crippen LogP contribution in [-0.4, -0.2) is 21.4 Å². The molecule has 1 aromatic rings. The Morgan fingerprint density at radius 1 is 1.19 bits per heavy atom. The van der Waals surface area contributed by atoms with E-state index >= 15 is 0 Å². The molecule has 0 amide bonds. The number of hydrazine groups is 1. The Morgan fingerprint density at radius 2 is 1.67 bits per heavy atom. The van der Waals surface area contributed by atoms with Crippen molar-refractivity contribution < 1.29 is 124 Å². The molecule has 1 heterocycles.